The number of carbonyl (C=O) groups is 1. The molecular formula is C11H14N2O3. The Bertz CT molecular complexity index is 392. The van der Waals surface area contributed by atoms with Crippen LogP contribution in [0, 0.1) is 5.92 Å². The number of hydrogen-bond donors (Lipinski definition) is 1. The third kappa shape index (κ3) is 2.92. The molecule has 1 N–H and O–H groups in total. The highest BCUT2D eigenvalue weighted by atomic mass is 16.4. The second-order valence-electron chi connectivity index (χ2n) is 4.06. The van der Waals surface area contributed by atoms with Crippen LogP contribution in [0.15, 0.2) is 10.5 Å². The fraction of sp³-hybridized carbons (Fsp3) is 0.545. The van der Waals surface area contributed by atoms with Crippen molar-refractivity contribution in [2.24, 2.45) is 5.92 Å². The smallest absolute Gasteiger partial charge is 0.328 e. The maximum atomic E-state index is 10.3. The van der Waals surface area contributed by atoms with E-state index in [1.54, 1.807) is 0 Å². The van der Waals surface area contributed by atoms with Gasteiger partial charge in [0, 0.05) is 18.6 Å². The number of aliphatic carboxylic acids is 1. The van der Waals surface area contributed by atoms with E-state index in [0.29, 0.717) is 11.8 Å². The van der Waals surface area contributed by atoms with Crippen LogP contribution in [0.5, 0.6) is 0 Å². The SMILES string of the molecule is O=C(O)/C=C/c1nnc(CC2CCCC2)o1. The van der Waals surface area contributed by atoms with Crippen molar-refractivity contribution in [1.82, 2.24) is 10.2 Å². The maximum absolute atomic E-state index is 10.3. The van der Waals surface area contributed by atoms with E-state index in [4.69, 9.17) is 9.52 Å². The van der Waals surface area contributed by atoms with Crippen LogP contribution in [0.2, 0.25) is 0 Å². The number of aromatic nitrogens is 2. The van der Waals surface area contributed by atoms with Gasteiger partial charge in [0.15, 0.2) is 0 Å². The van der Waals surface area contributed by atoms with Gasteiger partial charge in [-0.15, -0.1) is 10.2 Å². The summed E-state index contributed by atoms with van der Waals surface area (Å²) in [5.74, 6) is 0.500. The van der Waals surface area contributed by atoms with Gasteiger partial charge < -0.3 is 9.52 Å². The largest absolute Gasteiger partial charge is 0.478 e. The van der Waals surface area contributed by atoms with Crippen LogP contribution in [0.4, 0.5) is 0 Å². The Labute approximate surface area is 93.2 Å². The summed E-state index contributed by atoms with van der Waals surface area (Å²) in [6, 6.07) is 0. The number of carboxylic acid groups (broad SMARTS) is 1. The number of rotatable bonds is 4. The number of carboxylic acids is 1. The molecule has 0 bridgehead atoms. The van der Waals surface area contributed by atoms with Crippen molar-refractivity contribution in [3.63, 3.8) is 0 Å². The first kappa shape index (κ1) is 10.9. The molecule has 86 valence electrons. The van der Waals surface area contributed by atoms with E-state index in [2.05, 4.69) is 10.2 Å². The minimum Gasteiger partial charge on any atom is -0.478 e. The highest BCUT2D eigenvalue weighted by Gasteiger charge is 2.18. The Morgan fingerprint density at radius 3 is 2.88 bits per heavy atom. The Morgan fingerprint density at radius 2 is 2.19 bits per heavy atom. The molecule has 1 heterocycles. The Hall–Kier alpha value is -1.65. The standard InChI is InChI=1S/C11H14N2O3/c14-11(15)6-5-9-12-13-10(16-9)7-8-3-1-2-4-8/h5-6,8H,1-4,7H2,(H,14,15)/b6-5+. The Balaban J connectivity index is 1.93. The van der Waals surface area contributed by atoms with Gasteiger partial charge in [0.2, 0.25) is 11.8 Å². The Morgan fingerprint density at radius 1 is 1.44 bits per heavy atom. The lowest BCUT2D eigenvalue weighted by Crippen LogP contribution is -1.98. The molecule has 0 unspecified atom stereocenters. The van der Waals surface area contributed by atoms with Crippen LogP contribution in [0.1, 0.15) is 37.5 Å². The van der Waals surface area contributed by atoms with Crippen LogP contribution < -0.4 is 0 Å². The van der Waals surface area contributed by atoms with Crippen molar-refractivity contribution in [1.29, 1.82) is 0 Å². The summed E-state index contributed by atoms with van der Waals surface area (Å²) < 4.78 is 5.32. The molecule has 5 heteroatoms. The molecule has 0 aromatic carbocycles. The average Bonchev–Trinajstić information content (AvgIpc) is 2.87. The van der Waals surface area contributed by atoms with Gasteiger partial charge in [-0.2, -0.15) is 0 Å². The lowest BCUT2D eigenvalue weighted by Gasteiger charge is -2.02. The quantitative estimate of drug-likeness (QED) is 0.787. The lowest BCUT2D eigenvalue weighted by molar-refractivity contribution is -0.131. The number of hydrogen-bond acceptors (Lipinski definition) is 4. The second-order valence-corrected chi connectivity index (χ2v) is 4.06. The summed E-state index contributed by atoms with van der Waals surface area (Å²) in [6.45, 7) is 0. The molecule has 1 aliphatic carbocycles. The molecule has 16 heavy (non-hydrogen) atoms. The average molecular weight is 222 g/mol. The molecule has 2 rings (SSSR count). The molecule has 1 aromatic heterocycles. The summed E-state index contributed by atoms with van der Waals surface area (Å²) in [7, 11) is 0. The summed E-state index contributed by atoms with van der Waals surface area (Å²) in [5, 5.41) is 16.1. The van der Waals surface area contributed by atoms with Crippen LogP contribution in [0.25, 0.3) is 6.08 Å². The van der Waals surface area contributed by atoms with Crippen LogP contribution in [0.3, 0.4) is 0 Å². The molecule has 0 radical (unpaired) electrons. The van der Waals surface area contributed by atoms with Crippen molar-refractivity contribution in [3.8, 4) is 0 Å². The summed E-state index contributed by atoms with van der Waals surface area (Å²) in [4.78, 5) is 10.3. The Kier molecular flexibility index (Phi) is 3.34. The molecule has 0 aliphatic heterocycles. The van der Waals surface area contributed by atoms with Gasteiger partial charge in [-0.25, -0.2) is 4.79 Å². The van der Waals surface area contributed by atoms with Gasteiger partial charge in [-0.3, -0.25) is 0 Å². The van der Waals surface area contributed by atoms with Crippen LogP contribution in [-0.2, 0) is 11.2 Å². The lowest BCUT2D eigenvalue weighted by atomic mass is 10.0. The highest BCUT2D eigenvalue weighted by molar-refractivity contribution is 5.84. The van der Waals surface area contributed by atoms with E-state index in [1.807, 2.05) is 0 Å². The normalized spacial score (nSPS) is 17.2. The molecule has 0 atom stereocenters. The monoisotopic (exact) mass is 222 g/mol. The molecule has 1 fully saturated rings. The molecule has 1 aliphatic rings. The third-order valence-electron chi connectivity index (χ3n) is 2.79. The van der Waals surface area contributed by atoms with E-state index in [1.165, 1.54) is 31.8 Å². The van der Waals surface area contributed by atoms with Gasteiger partial charge in [0.05, 0.1) is 0 Å². The molecule has 0 amide bonds. The molecule has 1 saturated carbocycles. The van der Waals surface area contributed by atoms with Crippen LogP contribution in [-0.4, -0.2) is 21.3 Å². The fourth-order valence-electron chi connectivity index (χ4n) is 2.02. The minimum absolute atomic E-state index is 0.260. The maximum Gasteiger partial charge on any atom is 0.328 e. The predicted molar refractivity (Wildman–Crippen MR) is 56.6 cm³/mol. The van der Waals surface area contributed by atoms with Crippen molar-refractivity contribution in [2.75, 3.05) is 0 Å². The third-order valence-corrected chi connectivity index (χ3v) is 2.79. The molecule has 1 aromatic rings. The zero-order chi connectivity index (χ0) is 11.4. The molecular weight excluding hydrogens is 208 g/mol. The van der Waals surface area contributed by atoms with Crippen molar-refractivity contribution >= 4 is 12.0 Å². The molecule has 5 nitrogen and oxygen atoms in total. The highest BCUT2D eigenvalue weighted by Crippen LogP contribution is 2.27. The van der Waals surface area contributed by atoms with Gasteiger partial charge in [0.1, 0.15) is 0 Å². The summed E-state index contributed by atoms with van der Waals surface area (Å²) in [6.07, 6.45) is 8.13. The van der Waals surface area contributed by atoms with E-state index in [-0.39, 0.29) is 5.89 Å². The van der Waals surface area contributed by atoms with Crippen LogP contribution >= 0.6 is 0 Å². The zero-order valence-corrected chi connectivity index (χ0v) is 8.93. The van der Waals surface area contributed by atoms with Gasteiger partial charge >= 0.3 is 5.97 Å². The first-order valence-electron chi connectivity index (χ1n) is 5.47. The van der Waals surface area contributed by atoms with E-state index in [9.17, 15) is 4.79 Å². The summed E-state index contributed by atoms with van der Waals surface area (Å²) in [5.41, 5.74) is 0. The first-order chi connectivity index (χ1) is 7.74. The second kappa shape index (κ2) is 4.92. The molecule has 0 saturated heterocycles. The van der Waals surface area contributed by atoms with E-state index in [0.717, 1.165) is 12.5 Å². The fourth-order valence-corrected chi connectivity index (χ4v) is 2.02. The minimum atomic E-state index is -1.02. The zero-order valence-electron chi connectivity index (χ0n) is 8.93. The molecule has 0 spiro atoms. The van der Waals surface area contributed by atoms with Crippen molar-refractivity contribution in [3.05, 3.63) is 17.9 Å². The van der Waals surface area contributed by atoms with E-state index < -0.39 is 5.97 Å². The van der Waals surface area contributed by atoms with Crippen molar-refractivity contribution in [2.45, 2.75) is 32.1 Å². The van der Waals surface area contributed by atoms with Gasteiger partial charge in [-0.1, -0.05) is 12.8 Å². The number of nitrogens with zero attached hydrogens (tertiary/aromatic N) is 2. The van der Waals surface area contributed by atoms with Gasteiger partial charge in [0.25, 0.3) is 0 Å². The van der Waals surface area contributed by atoms with Crippen molar-refractivity contribution < 1.29 is 14.3 Å². The summed E-state index contributed by atoms with van der Waals surface area (Å²) >= 11 is 0. The van der Waals surface area contributed by atoms with E-state index >= 15 is 0 Å². The van der Waals surface area contributed by atoms with Gasteiger partial charge in [-0.05, 0) is 18.8 Å². The predicted octanol–water partition coefficient (Wildman–Crippen LogP) is 1.90. The first-order valence-corrected chi connectivity index (χ1v) is 5.47. The topological polar surface area (TPSA) is 76.2 Å².